The van der Waals surface area contributed by atoms with Crippen LogP contribution in [-0.4, -0.2) is 41.2 Å². The fraction of sp³-hybridized carbons (Fsp3) is 0.600. The molecule has 0 saturated carbocycles. The molecule has 0 spiro atoms. The number of nitrogens with zero attached hydrogens (tertiary/aromatic N) is 3. The first-order valence-electron chi connectivity index (χ1n) is 5.44. The van der Waals surface area contributed by atoms with E-state index in [1.807, 2.05) is 6.20 Å². The molecule has 1 unspecified atom stereocenters. The lowest BCUT2D eigenvalue weighted by Gasteiger charge is -2.33. The molecule has 0 bridgehead atoms. The maximum atomic E-state index is 7.40. The summed E-state index contributed by atoms with van der Waals surface area (Å²) in [6.07, 6.45) is 3.43. The van der Waals surface area contributed by atoms with Gasteiger partial charge in [-0.25, -0.2) is 4.98 Å². The standard InChI is InChI=1S/C10H17N5O/c1-2-14-4-3-13-10(14)15-5-6-16-8(7-15)9(11)12/h3-4,8H,2,5-7H2,1H3,(H3,11,12). The topological polar surface area (TPSA) is 80.2 Å². The van der Waals surface area contributed by atoms with Crippen LogP contribution in [0.4, 0.5) is 5.95 Å². The molecule has 3 N–H and O–H groups in total. The van der Waals surface area contributed by atoms with E-state index >= 15 is 0 Å². The number of nitrogens with one attached hydrogen (secondary N) is 1. The van der Waals surface area contributed by atoms with Crippen molar-refractivity contribution in [3.05, 3.63) is 12.4 Å². The van der Waals surface area contributed by atoms with E-state index < -0.39 is 0 Å². The first kappa shape index (κ1) is 10.9. The number of morpholine rings is 1. The van der Waals surface area contributed by atoms with Crippen molar-refractivity contribution in [3.8, 4) is 0 Å². The molecule has 0 aromatic carbocycles. The molecule has 1 fully saturated rings. The molecule has 0 aliphatic carbocycles. The van der Waals surface area contributed by atoms with Gasteiger partial charge in [-0.1, -0.05) is 0 Å². The van der Waals surface area contributed by atoms with Gasteiger partial charge in [-0.15, -0.1) is 0 Å². The molecule has 0 amide bonds. The van der Waals surface area contributed by atoms with Crippen LogP contribution in [0.1, 0.15) is 6.92 Å². The summed E-state index contributed by atoms with van der Waals surface area (Å²) in [5, 5.41) is 7.40. The number of rotatable bonds is 3. The SMILES string of the molecule is CCn1ccnc1N1CCOC(C(=N)N)C1. The predicted molar refractivity (Wildman–Crippen MR) is 61.8 cm³/mol. The van der Waals surface area contributed by atoms with Gasteiger partial charge < -0.3 is 19.9 Å². The molecule has 1 atom stereocenters. The zero-order valence-electron chi connectivity index (χ0n) is 9.39. The zero-order chi connectivity index (χ0) is 11.5. The summed E-state index contributed by atoms with van der Waals surface area (Å²) in [6.45, 7) is 4.94. The molecule has 0 radical (unpaired) electrons. The summed E-state index contributed by atoms with van der Waals surface area (Å²) >= 11 is 0. The van der Waals surface area contributed by atoms with Crippen molar-refractivity contribution < 1.29 is 4.74 Å². The molecule has 88 valence electrons. The maximum Gasteiger partial charge on any atom is 0.205 e. The Hall–Kier alpha value is -1.56. The van der Waals surface area contributed by atoms with Gasteiger partial charge in [0.25, 0.3) is 0 Å². The Morgan fingerprint density at radius 2 is 2.56 bits per heavy atom. The molecule has 6 nitrogen and oxygen atoms in total. The summed E-state index contributed by atoms with van der Waals surface area (Å²) < 4.78 is 7.48. The van der Waals surface area contributed by atoms with Crippen LogP contribution >= 0.6 is 0 Å². The van der Waals surface area contributed by atoms with Crippen LogP contribution in [0.3, 0.4) is 0 Å². The van der Waals surface area contributed by atoms with Gasteiger partial charge in [-0.3, -0.25) is 5.41 Å². The summed E-state index contributed by atoms with van der Waals surface area (Å²) in [7, 11) is 0. The highest BCUT2D eigenvalue weighted by atomic mass is 16.5. The number of hydrogen-bond acceptors (Lipinski definition) is 4. The van der Waals surface area contributed by atoms with Gasteiger partial charge in [0.1, 0.15) is 11.9 Å². The molecule has 6 heteroatoms. The largest absolute Gasteiger partial charge is 0.385 e. The second-order valence-electron chi connectivity index (χ2n) is 3.77. The molecule has 1 saturated heterocycles. The molecule has 2 rings (SSSR count). The second-order valence-corrected chi connectivity index (χ2v) is 3.77. The van der Waals surface area contributed by atoms with Gasteiger partial charge in [0.05, 0.1) is 13.2 Å². The van der Waals surface area contributed by atoms with Crippen LogP contribution in [-0.2, 0) is 11.3 Å². The number of imidazole rings is 1. The van der Waals surface area contributed by atoms with E-state index in [-0.39, 0.29) is 11.9 Å². The van der Waals surface area contributed by atoms with E-state index in [0.29, 0.717) is 13.2 Å². The van der Waals surface area contributed by atoms with Crippen LogP contribution in [0.15, 0.2) is 12.4 Å². The van der Waals surface area contributed by atoms with Gasteiger partial charge in [0.2, 0.25) is 5.95 Å². The molecular weight excluding hydrogens is 206 g/mol. The van der Waals surface area contributed by atoms with Crippen molar-refractivity contribution in [1.82, 2.24) is 9.55 Å². The molecule has 1 aliphatic rings. The molecule has 1 aromatic heterocycles. The highest BCUT2D eigenvalue weighted by Crippen LogP contribution is 2.15. The second kappa shape index (κ2) is 4.52. The Morgan fingerprint density at radius 3 is 3.25 bits per heavy atom. The number of aromatic nitrogens is 2. The van der Waals surface area contributed by atoms with Crippen molar-refractivity contribution in [2.24, 2.45) is 5.73 Å². The molecule has 1 aromatic rings. The molecular formula is C10H17N5O. The van der Waals surface area contributed by atoms with Crippen LogP contribution in [0.2, 0.25) is 0 Å². The maximum absolute atomic E-state index is 7.40. The lowest BCUT2D eigenvalue weighted by molar-refractivity contribution is 0.0817. The summed E-state index contributed by atoms with van der Waals surface area (Å²) in [5.74, 6) is 1.01. The van der Waals surface area contributed by atoms with Crippen LogP contribution in [0.5, 0.6) is 0 Å². The highest BCUT2D eigenvalue weighted by Gasteiger charge is 2.24. The zero-order valence-corrected chi connectivity index (χ0v) is 9.39. The molecule has 1 aliphatic heterocycles. The third-order valence-corrected chi connectivity index (χ3v) is 2.73. The van der Waals surface area contributed by atoms with E-state index in [0.717, 1.165) is 19.0 Å². The van der Waals surface area contributed by atoms with E-state index in [1.54, 1.807) is 6.20 Å². The number of nitrogens with two attached hydrogens (primary N) is 1. The van der Waals surface area contributed by atoms with E-state index in [4.69, 9.17) is 15.9 Å². The van der Waals surface area contributed by atoms with Gasteiger partial charge in [-0.05, 0) is 6.92 Å². The highest BCUT2D eigenvalue weighted by molar-refractivity contribution is 5.82. The van der Waals surface area contributed by atoms with Gasteiger partial charge in [0.15, 0.2) is 0 Å². The van der Waals surface area contributed by atoms with Gasteiger partial charge >= 0.3 is 0 Å². The van der Waals surface area contributed by atoms with Crippen LogP contribution in [0, 0.1) is 5.41 Å². The third-order valence-electron chi connectivity index (χ3n) is 2.73. The smallest absolute Gasteiger partial charge is 0.205 e. The van der Waals surface area contributed by atoms with E-state index in [1.165, 1.54) is 0 Å². The normalized spacial score (nSPS) is 21.1. The Kier molecular flexibility index (Phi) is 3.09. The monoisotopic (exact) mass is 223 g/mol. The lowest BCUT2D eigenvalue weighted by Crippen LogP contribution is -2.49. The minimum absolute atomic E-state index is 0.0827. The minimum Gasteiger partial charge on any atom is -0.385 e. The minimum atomic E-state index is -0.309. The summed E-state index contributed by atoms with van der Waals surface area (Å²) in [5.41, 5.74) is 5.46. The van der Waals surface area contributed by atoms with Crippen molar-refractivity contribution in [1.29, 1.82) is 5.41 Å². The van der Waals surface area contributed by atoms with Crippen LogP contribution < -0.4 is 10.6 Å². The summed E-state index contributed by atoms with van der Waals surface area (Å²) in [6, 6.07) is 0. The Bertz CT molecular complexity index is 375. The molecule has 16 heavy (non-hydrogen) atoms. The average molecular weight is 223 g/mol. The predicted octanol–water partition coefficient (Wildman–Crippen LogP) is 0.0442. The first-order valence-corrected chi connectivity index (χ1v) is 5.44. The van der Waals surface area contributed by atoms with Gasteiger partial charge in [0, 0.05) is 25.5 Å². The Morgan fingerprint density at radius 1 is 1.75 bits per heavy atom. The number of hydrogen-bond donors (Lipinski definition) is 2. The third kappa shape index (κ3) is 2.01. The van der Waals surface area contributed by atoms with Crippen molar-refractivity contribution in [2.45, 2.75) is 19.6 Å². The fourth-order valence-corrected chi connectivity index (χ4v) is 1.85. The summed E-state index contributed by atoms with van der Waals surface area (Å²) in [4.78, 5) is 6.44. The van der Waals surface area contributed by atoms with Gasteiger partial charge in [-0.2, -0.15) is 0 Å². The van der Waals surface area contributed by atoms with E-state index in [9.17, 15) is 0 Å². The Balaban J connectivity index is 2.12. The molecule has 2 heterocycles. The average Bonchev–Trinajstić information content (AvgIpc) is 2.77. The van der Waals surface area contributed by atoms with E-state index in [2.05, 4.69) is 21.4 Å². The Labute approximate surface area is 94.5 Å². The van der Waals surface area contributed by atoms with Crippen molar-refractivity contribution >= 4 is 11.8 Å². The quantitative estimate of drug-likeness (QED) is 0.560. The fourth-order valence-electron chi connectivity index (χ4n) is 1.85. The lowest BCUT2D eigenvalue weighted by atomic mass is 10.2. The number of amidine groups is 1. The number of anilines is 1. The number of ether oxygens (including phenoxy) is 1. The van der Waals surface area contributed by atoms with Crippen molar-refractivity contribution in [3.63, 3.8) is 0 Å². The van der Waals surface area contributed by atoms with Crippen molar-refractivity contribution in [2.75, 3.05) is 24.6 Å². The van der Waals surface area contributed by atoms with Crippen LogP contribution in [0.25, 0.3) is 0 Å². The first-order chi connectivity index (χ1) is 7.72. The number of aryl methyl sites for hydroxylation is 1.